The number of aromatic amines is 1. The number of fused-ring (bicyclic) bond motifs is 8. The molecule has 1 aliphatic carbocycles. The van der Waals surface area contributed by atoms with E-state index in [0.29, 0.717) is 45.9 Å². The van der Waals surface area contributed by atoms with E-state index in [1.165, 1.54) is 17.3 Å². The van der Waals surface area contributed by atoms with Crippen LogP contribution >= 0.6 is 0 Å². The van der Waals surface area contributed by atoms with Gasteiger partial charge in [0.25, 0.3) is 0 Å². The number of nitrogens with one attached hydrogen (secondary N) is 1. The summed E-state index contributed by atoms with van der Waals surface area (Å²) < 4.78 is 17.6. The quantitative estimate of drug-likeness (QED) is 0.164. The summed E-state index contributed by atoms with van der Waals surface area (Å²) in [6, 6.07) is 6.38. The van der Waals surface area contributed by atoms with Crippen LogP contribution in [0.2, 0.25) is 0 Å². The molecule has 256 valence electrons. The number of H-pyrrole nitrogens is 1. The largest absolute Gasteiger partial charge is 0.400 e. The van der Waals surface area contributed by atoms with Crippen LogP contribution in [0.4, 0.5) is 4.39 Å². The Bertz CT molecular complexity index is 1990. The van der Waals surface area contributed by atoms with Crippen molar-refractivity contribution in [3.8, 4) is 11.5 Å². The van der Waals surface area contributed by atoms with E-state index in [1.807, 2.05) is 13.1 Å². The number of hydrogen-bond donors (Lipinski definition) is 3. The highest BCUT2D eigenvalue weighted by Gasteiger charge is 2.36. The van der Waals surface area contributed by atoms with Crippen LogP contribution in [0.5, 0.6) is 0 Å². The molecule has 1 aromatic carbocycles. The monoisotopic (exact) mass is 664 g/mol. The van der Waals surface area contributed by atoms with Crippen LogP contribution in [-0.4, -0.2) is 41.8 Å². The highest BCUT2D eigenvalue weighted by Crippen LogP contribution is 2.41. The van der Waals surface area contributed by atoms with Crippen molar-refractivity contribution < 1.29 is 14.0 Å². The van der Waals surface area contributed by atoms with Crippen molar-refractivity contribution in [3.05, 3.63) is 101 Å². The van der Waals surface area contributed by atoms with Gasteiger partial charge in [0.15, 0.2) is 17.4 Å². The summed E-state index contributed by atoms with van der Waals surface area (Å²) in [4.78, 5) is 38.1. The number of carbonyl (C=O) groups is 2. The van der Waals surface area contributed by atoms with Crippen molar-refractivity contribution in [2.75, 3.05) is 0 Å². The molecule has 3 aromatic heterocycles. The van der Waals surface area contributed by atoms with Crippen molar-refractivity contribution in [1.29, 1.82) is 0 Å². The standard InChI is InChI=1S/C38H45FN8O2/c1-37(2)14-5-6-15-38(3,26-11-7-9-24(19-26)10-8-18-48)36-44-35(46(4)45-36)31-20-25(12-16-43-31)34(49)33-28(22-47(41)23-32(37)40)27-13-17-42-30(27)21-29(33)39/h7,11-13,16-21,23-24,42H,5-6,8-10,14-15,22,40-41H2,1-4H3/b32-23-/t24?,38-/m1/s1. The molecule has 5 N–H and O–H groups in total. The summed E-state index contributed by atoms with van der Waals surface area (Å²) in [5, 5.41) is 7.06. The first-order valence-corrected chi connectivity index (χ1v) is 16.9. The molecule has 2 atom stereocenters. The van der Waals surface area contributed by atoms with E-state index in [9.17, 15) is 9.59 Å². The Morgan fingerprint density at radius 3 is 2.76 bits per heavy atom. The maximum absolute atomic E-state index is 15.9. The highest BCUT2D eigenvalue weighted by molar-refractivity contribution is 6.12. The average Bonchev–Trinajstić information content (AvgIpc) is 3.72. The number of nitrogens with two attached hydrogens (primary N) is 2. The molecule has 49 heavy (non-hydrogen) atoms. The minimum atomic E-state index is -0.651. The smallest absolute Gasteiger partial charge is 0.196 e. The van der Waals surface area contributed by atoms with Crippen LogP contribution in [0.1, 0.15) is 93.0 Å². The van der Waals surface area contributed by atoms with E-state index in [1.54, 1.807) is 29.2 Å². The fraction of sp³-hybridized carbons (Fsp3) is 0.395. The summed E-state index contributed by atoms with van der Waals surface area (Å²) in [6.45, 7) is 6.41. The van der Waals surface area contributed by atoms with Gasteiger partial charge in [-0.15, -0.1) is 0 Å². The summed E-state index contributed by atoms with van der Waals surface area (Å²) in [5.74, 6) is 6.79. The highest BCUT2D eigenvalue weighted by atomic mass is 19.1. The lowest BCUT2D eigenvalue weighted by atomic mass is 9.72. The van der Waals surface area contributed by atoms with Gasteiger partial charge < -0.3 is 20.5 Å². The first-order chi connectivity index (χ1) is 23.4. The maximum atomic E-state index is 15.9. The van der Waals surface area contributed by atoms with Gasteiger partial charge in [0.05, 0.1) is 17.5 Å². The second kappa shape index (κ2) is 13.5. The molecule has 6 rings (SSSR count). The van der Waals surface area contributed by atoms with Crippen LogP contribution in [0, 0.1) is 17.2 Å². The Balaban J connectivity index is 1.50. The van der Waals surface area contributed by atoms with E-state index >= 15 is 4.39 Å². The number of carbonyl (C=O) groups excluding carboxylic acids is 2. The van der Waals surface area contributed by atoms with Gasteiger partial charge in [-0.05, 0) is 73.9 Å². The predicted octanol–water partition coefficient (Wildman–Crippen LogP) is 6.54. The minimum absolute atomic E-state index is 0.0589. The maximum Gasteiger partial charge on any atom is 0.196 e. The Morgan fingerprint density at radius 1 is 1.16 bits per heavy atom. The lowest BCUT2D eigenvalue weighted by Gasteiger charge is -2.32. The lowest BCUT2D eigenvalue weighted by Crippen LogP contribution is -2.31. The SMILES string of the molecule is Cn1nc2nc1-c1cc(ccn1)C(=O)c1c(F)cc3[nH]ccc3c1CN(N)/C=C(\N)C(C)(C)CCCC[C@]2(C)C1=CC(CCC=O)CC=C1. The summed E-state index contributed by atoms with van der Waals surface area (Å²) >= 11 is 0. The first-order valence-electron chi connectivity index (χ1n) is 16.9. The van der Waals surface area contributed by atoms with Crippen molar-refractivity contribution in [2.24, 2.45) is 30.0 Å². The third-order valence-corrected chi connectivity index (χ3v) is 10.3. The van der Waals surface area contributed by atoms with Crippen molar-refractivity contribution in [1.82, 2.24) is 29.7 Å². The second-order valence-electron chi connectivity index (χ2n) is 14.2. The predicted molar refractivity (Wildman–Crippen MR) is 188 cm³/mol. The fourth-order valence-electron chi connectivity index (χ4n) is 7.09. The van der Waals surface area contributed by atoms with Gasteiger partial charge in [0, 0.05) is 59.6 Å². The molecule has 11 heteroatoms. The molecule has 0 fully saturated rings. The summed E-state index contributed by atoms with van der Waals surface area (Å²) in [7, 11) is 1.82. The van der Waals surface area contributed by atoms with Crippen LogP contribution in [0.15, 0.2) is 72.4 Å². The van der Waals surface area contributed by atoms with Gasteiger partial charge in [0.2, 0.25) is 0 Å². The number of aldehydes is 1. The number of nitrogens with zero attached hydrogens (tertiary/aromatic N) is 5. The van der Waals surface area contributed by atoms with Gasteiger partial charge in [-0.25, -0.2) is 19.9 Å². The lowest BCUT2D eigenvalue weighted by molar-refractivity contribution is -0.108. The van der Waals surface area contributed by atoms with E-state index in [4.69, 9.17) is 21.7 Å². The Morgan fingerprint density at radius 2 is 1.96 bits per heavy atom. The van der Waals surface area contributed by atoms with E-state index in [0.717, 1.165) is 50.4 Å². The van der Waals surface area contributed by atoms with Gasteiger partial charge in [0.1, 0.15) is 17.8 Å². The number of benzene rings is 1. The third kappa shape index (κ3) is 6.72. The Hall–Kier alpha value is -4.90. The number of aromatic nitrogens is 5. The molecule has 0 radical (unpaired) electrons. The molecule has 0 saturated heterocycles. The van der Waals surface area contributed by atoms with Crippen molar-refractivity contribution in [2.45, 2.75) is 77.7 Å². The van der Waals surface area contributed by atoms with Gasteiger partial charge in [-0.3, -0.25) is 9.78 Å². The number of hydrogen-bond acceptors (Lipinski definition) is 8. The second-order valence-corrected chi connectivity index (χ2v) is 14.2. The van der Waals surface area contributed by atoms with Crippen LogP contribution in [0.3, 0.4) is 0 Å². The van der Waals surface area contributed by atoms with Gasteiger partial charge >= 0.3 is 0 Å². The van der Waals surface area contributed by atoms with E-state index in [2.05, 4.69) is 49.0 Å². The van der Waals surface area contributed by atoms with E-state index < -0.39 is 17.0 Å². The number of rotatable bonds is 4. The molecule has 4 aromatic rings. The topological polar surface area (TPSA) is 149 Å². The van der Waals surface area contributed by atoms with E-state index in [-0.39, 0.29) is 29.0 Å². The van der Waals surface area contributed by atoms with Gasteiger partial charge in [-0.1, -0.05) is 44.9 Å². The Labute approximate surface area is 286 Å². The normalized spacial score (nSPS) is 22.8. The molecule has 1 aliphatic heterocycles. The molecular formula is C38H45FN8O2. The molecular weight excluding hydrogens is 619 g/mol. The number of ketones is 1. The third-order valence-electron chi connectivity index (χ3n) is 10.3. The van der Waals surface area contributed by atoms with Crippen LogP contribution in [-0.2, 0) is 23.8 Å². The number of aryl methyl sites for hydroxylation is 1. The number of hydrazine groups is 1. The molecule has 0 saturated carbocycles. The van der Waals surface area contributed by atoms with Crippen molar-refractivity contribution >= 4 is 23.0 Å². The molecule has 4 heterocycles. The molecule has 0 spiro atoms. The first kappa shape index (κ1) is 34.0. The van der Waals surface area contributed by atoms with Crippen LogP contribution < -0.4 is 11.6 Å². The number of pyridine rings is 1. The molecule has 1 unspecified atom stereocenters. The Kier molecular flexibility index (Phi) is 9.39. The average molecular weight is 665 g/mol. The number of allylic oxidation sites excluding steroid dienone is 5. The fourth-order valence-corrected chi connectivity index (χ4v) is 7.09. The van der Waals surface area contributed by atoms with Gasteiger partial charge in [-0.2, -0.15) is 5.10 Å². The molecule has 0 amide bonds. The zero-order chi connectivity index (χ0) is 34.9. The molecule has 10 nitrogen and oxygen atoms in total. The van der Waals surface area contributed by atoms with Crippen LogP contribution in [0.25, 0.3) is 22.4 Å². The number of halogens is 1. The summed E-state index contributed by atoms with van der Waals surface area (Å²) in [5.41, 5.74) is 9.15. The summed E-state index contributed by atoms with van der Waals surface area (Å²) in [6.07, 6.45) is 18.1. The zero-order valence-electron chi connectivity index (χ0n) is 28.7. The molecule has 4 bridgehead atoms. The zero-order valence-corrected chi connectivity index (χ0v) is 28.7. The van der Waals surface area contributed by atoms with Crippen molar-refractivity contribution in [3.63, 3.8) is 0 Å². The molecule has 2 aliphatic rings. The minimum Gasteiger partial charge on any atom is -0.400 e.